The zero-order chi connectivity index (χ0) is 33.0. The van der Waals surface area contributed by atoms with E-state index in [-0.39, 0.29) is 18.3 Å². The van der Waals surface area contributed by atoms with Crippen LogP contribution in [0.25, 0.3) is 11.1 Å². The van der Waals surface area contributed by atoms with Gasteiger partial charge < -0.3 is 15.3 Å². The summed E-state index contributed by atoms with van der Waals surface area (Å²) in [5.41, 5.74) is 5.19. The van der Waals surface area contributed by atoms with Crippen LogP contribution >= 0.6 is 0 Å². The fraction of sp³-hybridized carbons (Fsp3) is 0.488. The molecule has 47 heavy (non-hydrogen) atoms. The SMILES string of the molecule is CC1=CCC[C@@]2(C)[C@@H](CC[C@@]2(O)CN2CCN(CCO)CC2)c2ccc(cc2C(=O)c2ccccc2-c2ccccc2)C[C@@H](O)CC1. The molecule has 1 saturated heterocycles. The van der Waals surface area contributed by atoms with E-state index < -0.39 is 17.1 Å². The highest BCUT2D eigenvalue weighted by molar-refractivity contribution is 6.13. The highest BCUT2D eigenvalue weighted by Gasteiger charge is 2.57. The fourth-order valence-corrected chi connectivity index (χ4v) is 8.57. The van der Waals surface area contributed by atoms with Crippen LogP contribution < -0.4 is 0 Å². The van der Waals surface area contributed by atoms with Crippen LogP contribution in [0.2, 0.25) is 0 Å². The maximum absolute atomic E-state index is 14.8. The third-order valence-corrected chi connectivity index (χ3v) is 11.5. The lowest BCUT2D eigenvalue weighted by molar-refractivity contribution is -0.0888. The van der Waals surface area contributed by atoms with Gasteiger partial charge in [-0.15, -0.1) is 0 Å². The van der Waals surface area contributed by atoms with Crippen molar-refractivity contribution in [3.8, 4) is 11.1 Å². The van der Waals surface area contributed by atoms with E-state index in [4.69, 9.17) is 0 Å². The molecule has 2 fully saturated rings. The van der Waals surface area contributed by atoms with Crippen molar-refractivity contribution in [1.29, 1.82) is 0 Å². The molecule has 250 valence electrons. The predicted molar refractivity (Wildman–Crippen MR) is 189 cm³/mol. The van der Waals surface area contributed by atoms with Gasteiger partial charge in [0, 0.05) is 55.8 Å². The second-order valence-electron chi connectivity index (χ2n) is 14.5. The summed E-state index contributed by atoms with van der Waals surface area (Å²) in [6, 6.07) is 24.2. The van der Waals surface area contributed by atoms with Crippen molar-refractivity contribution >= 4 is 5.78 Å². The van der Waals surface area contributed by atoms with Crippen molar-refractivity contribution in [2.75, 3.05) is 45.9 Å². The normalized spacial score (nSPS) is 27.6. The molecule has 7 rings (SSSR count). The second kappa shape index (κ2) is 14.6. The molecule has 6 nitrogen and oxygen atoms in total. The smallest absolute Gasteiger partial charge is 0.193 e. The van der Waals surface area contributed by atoms with Crippen LogP contribution in [0.15, 0.2) is 84.4 Å². The van der Waals surface area contributed by atoms with E-state index in [1.165, 1.54) is 5.57 Å². The van der Waals surface area contributed by atoms with Crippen molar-refractivity contribution < 1.29 is 20.1 Å². The van der Waals surface area contributed by atoms with Crippen LogP contribution in [-0.2, 0) is 6.42 Å². The number of rotatable bonds is 7. The lowest BCUT2D eigenvalue weighted by Crippen LogP contribution is -2.56. The molecule has 2 bridgehead atoms. The molecule has 0 aromatic heterocycles. The molecule has 3 aliphatic carbocycles. The number of aliphatic hydroxyl groups excluding tert-OH is 2. The third-order valence-electron chi connectivity index (χ3n) is 11.5. The molecule has 1 saturated carbocycles. The van der Waals surface area contributed by atoms with E-state index in [2.05, 4.69) is 41.9 Å². The second-order valence-corrected chi connectivity index (χ2v) is 14.5. The Hall–Kier alpha value is -3.13. The fourth-order valence-electron chi connectivity index (χ4n) is 8.57. The van der Waals surface area contributed by atoms with E-state index in [1.807, 2.05) is 60.7 Å². The van der Waals surface area contributed by atoms with Gasteiger partial charge in [0.1, 0.15) is 0 Å². The Morgan fingerprint density at radius 2 is 1.62 bits per heavy atom. The lowest BCUT2D eigenvalue weighted by Gasteiger charge is -2.47. The Labute approximate surface area is 280 Å². The summed E-state index contributed by atoms with van der Waals surface area (Å²) in [5, 5.41) is 33.2. The number of piperazine rings is 1. The van der Waals surface area contributed by atoms with Gasteiger partial charge in [-0.1, -0.05) is 85.3 Å². The summed E-state index contributed by atoms with van der Waals surface area (Å²) in [4.78, 5) is 19.5. The van der Waals surface area contributed by atoms with Crippen molar-refractivity contribution in [3.63, 3.8) is 0 Å². The number of benzene rings is 3. The van der Waals surface area contributed by atoms with Crippen LogP contribution in [-0.4, -0.2) is 88.5 Å². The van der Waals surface area contributed by atoms with Crippen LogP contribution in [0.4, 0.5) is 0 Å². The summed E-state index contributed by atoms with van der Waals surface area (Å²) in [6.45, 7) is 9.44. The first-order chi connectivity index (χ1) is 22.7. The zero-order valence-corrected chi connectivity index (χ0v) is 28.2. The van der Waals surface area contributed by atoms with E-state index in [0.29, 0.717) is 43.5 Å². The van der Waals surface area contributed by atoms with E-state index in [1.54, 1.807) is 0 Å². The summed E-state index contributed by atoms with van der Waals surface area (Å²) in [6.07, 6.45) is 6.99. The lowest BCUT2D eigenvalue weighted by atomic mass is 9.64. The Morgan fingerprint density at radius 3 is 2.38 bits per heavy atom. The van der Waals surface area contributed by atoms with Gasteiger partial charge in [-0.2, -0.15) is 0 Å². The Bertz CT molecular complexity index is 1560. The number of carbonyl (C=O) groups excluding carboxylic acids is 1. The van der Waals surface area contributed by atoms with Gasteiger partial charge in [0.25, 0.3) is 0 Å². The molecule has 0 radical (unpaired) electrons. The highest BCUT2D eigenvalue weighted by atomic mass is 16.3. The molecule has 0 amide bonds. The standard InChI is InChI=1S/C41H52N2O4/c1-30-9-8-19-40(2)38(18-20-41(40,47)29-43-23-21-42(22-24-43)25-26-44)35-17-15-31(27-33(45)16-14-30)28-37(35)39(46)36-13-7-6-12-34(36)32-10-4-3-5-11-32/h3-7,9-13,15,17,28,33,38,44-45,47H,8,14,16,18-27,29H2,1-2H3/t33-,38-,40-,41+/m0/s1. The predicted octanol–water partition coefficient (Wildman–Crippen LogP) is 6.23. The number of hydrogen-bond donors (Lipinski definition) is 3. The first kappa shape index (κ1) is 33.8. The molecule has 3 aromatic rings. The van der Waals surface area contributed by atoms with E-state index in [0.717, 1.165) is 74.1 Å². The van der Waals surface area contributed by atoms with Crippen molar-refractivity contribution in [2.24, 2.45) is 5.41 Å². The van der Waals surface area contributed by atoms with Gasteiger partial charge in [0.2, 0.25) is 0 Å². The Kier molecular flexibility index (Phi) is 10.5. The minimum Gasteiger partial charge on any atom is -0.395 e. The summed E-state index contributed by atoms with van der Waals surface area (Å²) in [5.74, 6) is -0.00180. The van der Waals surface area contributed by atoms with Gasteiger partial charge in [0.05, 0.1) is 18.3 Å². The van der Waals surface area contributed by atoms with Gasteiger partial charge in [0.15, 0.2) is 5.78 Å². The Morgan fingerprint density at radius 1 is 0.894 bits per heavy atom. The largest absolute Gasteiger partial charge is 0.395 e. The summed E-state index contributed by atoms with van der Waals surface area (Å²) in [7, 11) is 0. The van der Waals surface area contributed by atoms with Crippen LogP contribution in [0.3, 0.4) is 0 Å². The quantitative estimate of drug-likeness (QED) is 0.211. The molecule has 4 aliphatic rings. The third kappa shape index (κ3) is 7.18. The monoisotopic (exact) mass is 636 g/mol. The first-order valence-electron chi connectivity index (χ1n) is 17.6. The molecule has 1 aliphatic heterocycles. The average Bonchev–Trinajstić information content (AvgIpc) is 3.33. The topological polar surface area (TPSA) is 84.2 Å². The van der Waals surface area contributed by atoms with Gasteiger partial charge >= 0.3 is 0 Å². The minimum atomic E-state index is -0.910. The molecule has 3 aromatic carbocycles. The number of hydrogen-bond acceptors (Lipinski definition) is 6. The van der Waals surface area contributed by atoms with Gasteiger partial charge in [-0.25, -0.2) is 0 Å². The molecular weight excluding hydrogens is 584 g/mol. The number of aliphatic hydroxyl groups is 3. The van der Waals surface area contributed by atoms with Crippen molar-refractivity contribution in [1.82, 2.24) is 9.80 Å². The van der Waals surface area contributed by atoms with Gasteiger partial charge in [-0.3, -0.25) is 14.6 Å². The molecule has 6 heteroatoms. The number of fused-ring (bicyclic) bond motifs is 8. The summed E-state index contributed by atoms with van der Waals surface area (Å²) >= 11 is 0. The zero-order valence-electron chi connectivity index (χ0n) is 28.2. The summed E-state index contributed by atoms with van der Waals surface area (Å²) < 4.78 is 0. The number of nitrogens with zero attached hydrogens (tertiary/aromatic N) is 2. The highest BCUT2D eigenvalue weighted by Crippen LogP contribution is 2.59. The molecule has 3 N–H and O–H groups in total. The molecular formula is C41H52N2O4. The maximum atomic E-state index is 14.8. The average molecular weight is 637 g/mol. The van der Waals surface area contributed by atoms with Crippen LogP contribution in [0.5, 0.6) is 0 Å². The van der Waals surface area contributed by atoms with E-state index >= 15 is 0 Å². The number of allylic oxidation sites excluding steroid dienone is 2. The molecule has 0 spiro atoms. The van der Waals surface area contributed by atoms with Crippen LogP contribution in [0, 0.1) is 5.41 Å². The van der Waals surface area contributed by atoms with Gasteiger partial charge in [-0.05, 0) is 86.1 Å². The van der Waals surface area contributed by atoms with Crippen molar-refractivity contribution in [2.45, 2.75) is 76.4 Å². The molecule has 4 atom stereocenters. The number of carbonyl (C=O) groups is 1. The number of ketones is 1. The van der Waals surface area contributed by atoms with E-state index in [9.17, 15) is 20.1 Å². The number of β-amino-alcohol motifs (C(OH)–C–C–N with tert-alkyl or cyclic N) is 2. The first-order valence-corrected chi connectivity index (χ1v) is 17.6. The van der Waals surface area contributed by atoms with Crippen molar-refractivity contribution in [3.05, 3.63) is 107 Å². The Balaban J connectivity index is 1.41. The van der Waals surface area contributed by atoms with Crippen LogP contribution in [0.1, 0.15) is 85.3 Å². The maximum Gasteiger partial charge on any atom is 0.193 e. The molecule has 1 heterocycles. The minimum absolute atomic E-state index is 0.00151. The molecule has 0 unspecified atom stereocenters.